The minimum absolute atomic E-state index is 0.435. The molecule has 0 amide bonds. The summed E-state index contributed by atoms with van der Waals surface area (Å²) < 4.78 is 0. The van der Waals surface area contributed by atoms with Gasteiger partial charge >= 0.3 is 0 Å². The lowest BCUT2D eigenvalue weighted by Crippen LogP contribution is -2.44. The van der Waals surface area contributed by atoms with Crippen LogP contribution in [0.3, 0.4) is 0 Å². The van der Waals surface area contributed by atoms with Gasteiger partial charge in [0.05, 0.1) is 0 Å². The Morgan fingerprint density at radius 3 is 2.61 bits per heavy atom. The van der Waals surface area contributed by atoms with E-state index in [1.54, 1.807) is 0 Å². The van der Waals surface area contributed by atoms with Crippen LogP contribution in [-0.2, 0) is 0 Å². The molecule has 1 aliphatic heterocycles. The van der Waals surface area contributed by atoms with Crippen molar-refractivity contribution in [1.82, 2.24) is 9.80 Å². The minimum atomic E-state index is 0.435. The predicted molar refractivity (Wildman–Crippen MR) is 77.7 cm³/mol. The first-order valence-electron chi connectivity index (χ1n) is 7.82. The topological polar surface area (TPSA) is 32.5 Å². The Morgan fingerprint density at radius 1 is 1.28 bits per heavy atom. The number of hydrogen-bond donors (Lipinski definition) is 1. The van der Waals surface area contributed by atoms with Gasteiger partial charge < -0.3 is 10.6 Å². The van der Waals surface area contributed by atoms with Crippen molar-refractivity contribution >= 4 is 0 Å². The van der Waals surface area contributed by atoms with Gasteiger partial charge in [0.2, 0.25) is 0 Å². The van der Waals surface area contributed by atoms with Crippen LogP contribution in [0.25, 0.3) is 0 Å². The van der Waals surface area contributed by atoms with Crippen LogP contribution in [0.2, 0.25) is 0 Å². The molecule has 0 aromatic heterocycles. The molecule has 3 heteroatoms. The van der Waals surface area contributed by atoms with Gasteiger partial charge in [-0.2, -0.15) is 0 Å². The monoisotopic (exact) mass is 253 g/mol. The molecule has 0 aromatic carbocycles. The summed E-state index contributed by atoms with van der Waals surface area (Å²) >= 11 is 0. The number of hydrogen-bond acceptors (Lipinski definition) is 3. The molecule has 1 aliphatic carbocycles. The van der Waals surface area contributed by atoms with E-state index in [4.69, 9.17) is 5.73 Å². The summed E-state index contributed by atoms with van der Waals surface area (Å²) in [5.74, 6) is 0. The zero-order chi connectivity index (χ0) is 13.0. The second-order valence-electron chi connectivity index (χ2n) is 6.53. The number of nitrogens with two attached hydrogens (primary N) is 1. The van der Waals surface area contributed by atoms with Crippen molar-refractivity contribution in [3.63, 3.8) is 0 Å². The fourth-order valence-electron chi connectivity index (χ4n) is 4.07. The van der Waals surface area contributed by atoms with Gasteiger partial charge in [-0.3, -0.25) is 4.90 Å². The molecule has 2 N–H and O–H groups in total. The second-order valence-corrected chi connectivity index (χ2v) is 6.53. The average molecular weight is 253 g/mol. The van der Waals surface area contributed by atoms with Gasteiger partial charge in [-0.05, 0) is 57.8 Å². The number of likely N-dealkylation sites (tertiary alicyclic amines) is 1. The molecule has 106 valence electrons. The van der Waals surface area contributed by atoms with Gasteiger partial charge in [0.1, 0.15) is 0 Å². The third kappa shape index (κ3) is 3.25. The van der Waals surface area contributed by atoms with Crippen LogP contribution in [0.4, 0.5) is 0 Å². The summed E-state index contributed by atoms with van der Waals surface area (Å²) in [6.45, 7) is 8.11. The van der Waals surface area contributed by atoms with Gasteiger partial charge in [-0.1, -0.05) is 19.8 Å². The summed E-state index contributed by atoms with van der Waals surface area (Å²) in [5, 5.41) is 0. The minimum Gasteiger partial charge on any atom is -0.330 e. The van der Waals surface area contributed by atoms with E-state index in [1.165, 1.54) is 64.7 Å². The van der Waals surface area contributed by atoms with Crippen molar-refractivity contribution in [2.45, 2.75) is 51.5 Å². The first-order valence-corrected chi connectivity index (χ1v) is 7.82. The fraction of sp³-hybridized carbons (Fsp3) is 1.00. The molecule has 1 atom stereocenters. The Hall–Kier alpha value is -0.120. The van der Waals surface area contributed by atoms with Crippen LogP contribution in [-0.4, -0.2) is 55.6 Å². The molecule has 1 unspecified atom stereocenters. The van der Waals surface area contributed by atoms with E-state index in [0.717, 1.165) is 12.6 Å². The molecule has 2 fully saturated rings. The first kappa shape index (κ1) is 14.3. The van der Waals surface area contributed by atoms with Crippen LogP contribution in [0, 0.1) is 5.41 Å². The van der Waals surface area contributed by atoms with E-state index in [-0.39, 0.29) is 0 Å². The molecule has 0 radical (unpaired) electrons. The Morgan fingerprint density at radius 2 is 2.00 bits per heavy atom. The number of rotatable bonds is 6. The largest absolute Gasteiger partial charge is 0.330 e. The molecule has 0 aromatic rings. The van der Waals surface area contributed by atoms with Crippen molar-refractivity contribution in [2.24, 2.45) is 11.1 Å². The van der Waals surface area contributed by atoms with Crippen molar-refractivity contribution in [3.05, 3.63) is 0 Å². The number of nitrogens with zero attached hydrogens (tertiary/aromatic N) is 2. The third-order valence-corrected chi connectivity index (χ3v) is 5.13. The Labute approximate surface area is 113 Å². The van der Waals surface area contributed by atoms with Crippen molar-refractivity contribution in [3.8, 4) is 0 Å². The number of likely N-dealkylation sites (N-methyl/N-ethyl adjacent to an activating group) is 2. The van der Waals surface area contributed by atoms with Crippen LogP contribution in [0.15, 0.2) is 0 Å². The smallest absolute Gasteiger partial charge is 0.0223 e. The van der Waals surface area contributed by atoms with Crippen molar-refractivity contribution < 1.29 is 0 Å². The molecule has 1 saturated heterocycles. The van der Waals surface area contributed by atoms with E-state index < -0.39 is 0 Å². The molecule has 0 spiro atoms. The SMILES string of the molecule is CCN1CCCC1CN(C)CC1(CN)CCCC1. The molecular formula is C15H31N3. The highest BCUT2D eigenvalue weighted by Crippen LogP contribution is 2.37. The summed E-state index contributed by atoms with van der Waals surface area (Å²) in [6, 6.07) is 0.788. The lowest BCUT2D eigenvalue weighted by molar-refractivity contribution is 0.143. The highest BCUT2D eigenvalue weighted by atomic mass is 15.2. The quantitative estimate of drug-likeness (QED) is 0.785. The van der Waals surface area contributed by atoms with Gasteiger partial charge in [0.25, 0.3) is 0 Å². The Kier molecular flexibility index (Phi) is 5.05. The maximum absolute atomic E-state index is 6.04. The third-order valence-electron chi connectivity index (χ3n) is 5.13. The first-order chi connectivity index (χ1) is 8.69. The standard InChI is InChI=1S/C15H31N3/c1-3-18-10-6-7-14(18)11-17(2)13-15(12-16)8-4-5-9-15/h14H,3-13,16H2,1-2H3. The molecule has 1 heterocycles. The predicted octanol–water partition coefficient (Wildman–Crippen LogP) is 1.92. The van der Waals surface area contributed by atoms with E-state index in [0.29, 0.717) is 5.41 Å². The molecule has 2 rings (SSSR count). The van der Waals surface area contributed by atoms with Crippen LogP contribution in [0.5, 0.6) is 0 Å². The molecule has 3 nitrogen and oxygen atoms in total. The van der Waals surface area contributed by atoms with E-state index in [1.807, 2.05) is 0 Å². The molecular weight excluding hydrogens is 222 g/mol. The molecule has 1 saturated carbocycles. The molecule has 18 heavy (non-hydrogen) atoms. The highest BCUT2D eigenvalue weighted by molar-refractivity contribution is 4.89. The molecule has 2 aliphatic rings. The summed E-state index contributed by atoms with van der Waals surface area (Å²) in [4.78, 5) is 5.19. The summed E-state index contributed by atoms with van der Waals surface area (Å²) in [7, 11) is 2.29. The lowest BCUT2D eigenvalue weighted by atomic mass is 9.85. The Bertz CT molecular complexity index is 248. The van der Waals surface area contributed by atoms with Gasteiger partial charge in [-0.25, -0.2) is 0 Å². The van der Waals surface area contributed by atoms with Crippen LogP contribution < -0.4 is 5.73 Å². The van der Waals surface area contributed by atoms with E-state index >= 15 is 0 Å². The van der Waals surface area contributed by atoms with E-state index in [2.05, 4.69) is 23.8 Å². The Balaban J connectivity index is 1.82. The zero-order valence-electron chi connectivity index (χ0n) is 12.3. The van der Waals surface area contributed by atoms with Crippen molar-refractivity contribution in [2.75, 3.05) is 39.8 Å². The maximum atomic E-state index is 6.04. The average Bonchev–Trinajstić information content (AvgIpc) is 2.98. The van der Waals surface area contributed by atoms with Gasteiger partial charge in [0.15, 0.2) is 0 Å². The molecule has 0 bridgehead atoms. The zero-order valence-corrected chi connectivity index (χ0v) is 12.3. The highest BCUT2D eigenvalue weighted by Gasteiger charge is 2.34. The van der Waals surface area contributed by atoms with Crippen LogP contribution in [0.1, 0.15) is 45.4 Å². The van der Waals surface area contributed by atoms with Crippen LogP contribution >= 0.6 is 0 Å². The normalized spacial score (nSPS) is 28.3. The fourth-order valence-corrected chi connectivity index (χ4v) is 4.07. The summed E-state index contributed by atoms with van der Waals surface area (Å²) in [5.41, 5.74) is 6.48. The maximum Gasteiger partial charge on any atom is 0.0223 e. The lowest BCUT2D eigenvalue weighted by Gasteiger charge is -2.35. The van der Waals surface area contributed by atoms with E-state index in [9.17, 15) is 0 Å². The second kappa shape index (κ2) is 6.36. The van der Waals surface area contributed by atoms with Gasteiger partial charge in [0, 0.05) is 19.1 Å². The van der Waals surface area contributed by atoms with Crippen molar-refractivity contribution in [1.29, 1.82) is 0 Å². The summed E-state index contributed by atoms with van der Waals surface area (Å²) in [6.07, 6.45) is 8.22. The van der Waals surface area contributed by atoms with Gasteiger partial charge in [-0.15, -0.1) is 0 Å².